The van der Waals surface area contributed by atoms with Crippen molar-refractivity contribution in [2.45, 2.75) is 13.5 Å². The van der Waals surface area contributed by atoms with E-state index in [1.165, 1.54) is 10.8 Å². The van der Waals surface area contributed by atoms with Gasteiger partial charge in [-0.2, -0.15) is 0 Å². The molecule has 1 aromatic heterocycles. The Labute approximate surface area is 138 Å². The van der Waals surface area contributed by atoms with Gasteiger partial charge < -0.3 is 5.11 Å². The molecule has 0 saturated carbocycles. The van der Waals surface area contributed by atoms with Crippen molar-refractivity contribution in [3.63, 3.8) is 0 Å². The number of benzene rings is 2. The summed E-state index contributed by atoms with van der Waals surface area (Å²) in [5.74, 6) is -0.0419. The van der Waals surface area contributed by atoms with Crippen LogP contribution in [0.2, 0.25) is 0 Å². The first kappa shape index (κ1) is 15.2. The van der Waals surface area contributed by atoms with E-state index in [-0.39, 0.29) is 10.8 Å². The first-order chi connectivity index (χ1) is 11.1. The lowest BCUT2D eigenvalue weighted by Gasteiger charge is -2.03. The van der Waals surface area contributed by atoms with Crippen molar-refractivity contribution in [2.24, 2.45) is 4.99 Å². The topological polar surface area (TPSA) is 54.6 Å². The SMILES string of the molecule is Cc1ccc(N=Cc2sc(=O)n(Cc3ccccc3)c2O)cc1. The van der Waals surface area contributed by atoms with Gasteiger partial charge in [0.15, 0.2) is 0 Å². The molecule has 3 rings (SSSR count). The van der Waals surface area contributed by atoms with Crippen molar-refractivity contribution < 1.29 is 5.11 Å². The summed E-state index contributed by atoms with van der Waals surface area (Å²) in [7, 11) is 0. The molecule has 0 aliphatic carbocycles. The quantitative estimate of drug-likeness (QED) is 0.744. The smallest absolute Gasteiger partial charge is 0.310 e. The molecule has 0 fully saturated rings. The van der Waals surface area contributed by atoms with Gasteiger partial charge in [0.2, 0.25) is 5.88 Å². The zero-order valence-corrected chi connectivity index (χ0v) is 13.5. The van der Waals surface area contributed by atoms with Crippen molar-refractivity contribution >= 4 is 23.2 Å². The van der Waals surface area contributed by atoms with Crippen molar-refractivity contribution in [1.29, 1.82) is 0 Å². The zero-order chi connectivity index (χ0) is 16.2. The van der Waals surface area contributed by atoms with Crippen LogP contribution in [0, 0.1) is 6.92 Å². The first-order valence-electron chi connectivity index (χ1n) is 7.21. The predicted octanol–water partition coefficient (Wildman–Crippen LogP) is 3.72. The number of aromatic hydroxyl groups is 1. The Hall–Kier alpha value is -2.66. The molecule has 4 nitrogen and oxygen atoms in total. The lowest BCUT2D eigenvalue weighted by molar-refractivity contribution is 0.421. The molecule has 0 spiro atoms. The summed E-state index contributed by atoms with van der Waals surface area (Å²) >= 11 is 0.991. The van der Waals surface area contributed by atoms with Crippen LogP contribution in [0.15, 0.2) is 64.4 Å². The maximum absolute atomic E-state index is 12.1. The summed E-state index contributed by atoms with van der Waals surface area (Å²) < 4.78 is 1.36. The third-order valence-electron chi connectivity index (χ3n) is 3.44. The van der Waals surface area contributed by atoms with E-state index in [1.807, 2.05) is 61.5 Å². The highest BCUT2D eigenvalue weighted by Gasteiger charge is 2.12. The fraction of sp³-hybridized carbons (Fsp3) is 0.111. The van der Waals surface area contributed by atoms with Crippen LogP contribution in [0.5, 0.6) is 5.88 Å². The Bertz CT molecular complexity index is 878. The maximum atomic E-state index is 12.1. The van der Waals surface area contributed by atoms with E-state index < -0.39 is 0 Å². The molecule has 0 aliphatic rings. The van der Waals surface area contributed by atoms with Crippen LogP contribution in [-0.4, -0.2) is 15.9 Å². The predicted molar refractivity (Wildman–Crippen MR) is 94.2 cm³/mol. The van der Waals surface area contributed by atoms with Gasteiger partial charge >= 0.3 is 4.87 Å². The standard InChI is InChI=1S/C18H16N2O2S/c1-13-7-9-15(10-8-13)19-11-16-17(21)20(18(22)23-16)12-14-5-3-2-4-6-14/h2-11,21H,12H2,1H3. The molecule has 3 aromatic rings. The van der Waals surface area contributed by atoms with Gasteiger partial charge in [0, 0.05) is 0 Å². The van der Waals surface area contributed by atoms with Gasteiger partial charge in [-0.1, -0.05) is 59.4 Å². The molecule has 0 atom stereocenters. The van der Waals surface area contributed by atoms with Crippen LogP contribution in [-0.2, 0) is 6.54 Å². The number of hydrogen-bond acceptors (Lipinski definition) is 4. The molecule has 5 heteroatoms. The summed E-state index contributed by atoms with van der Waals surface area (Å²) in [5, 5.41) is 10.3. The molecule has 1 N–H and O–H groups in total. The molecule has 116 valence electrons. The highest BCUT2D eigenvalue weighted by molar-refractivity contribution is 7.11. The van der Waals surface area contributed by atoms with E-state index in [2.05, 4.69) is 4.99 Å². The average molecular weight is 324 g/mol. The highest BCUT2D eigenvalue weighted by Crippen LogP contribution is 2.20. The van der Waals surface area contributed by atoms with E-state index in [0.717, 1.165) is 28.2 Å². The monoisotopic (exact) mass is 324 g/mol. The molecule has 0 bridgehead atoms. The van der Waals surface area contributed by atoms with Crippen LogP contribution in [0.3, 0.4) is 0 Å². The van der Waals surface area contributed by atoms with E-state index >= 15 is 0 Å². The maximum Gasteiger partial charge on any atom is 0.310 e. The Morgan fingerprint density at radius 3 is 2.52 bits per heavy atom. The number of nitrogens with zero attached hydrogens (tertiary/aromatic N) is 2. The second kappa shape index (κ2) is 6.62. The lowest BCUT2D eigenvalue weighted by atomic mass is 10.2. The van der Waals surface area contributed by atoms with Crippen molar-refractivity contribution in [3.8, 4) is 5.88 Å². The minimum atomic E-state index is -0.197. The van der Waals surface area contributed by atoms with Gasteiger partial charge in [-0.25, -0.2) is 0 Å². The molecule has 0 unspecified atom stereocenters. The largest absolute Gasteiger partial charge is 0.493 e. The molecular formula is C18H16N2O2S. The summed E-state index contributed by atoms with van der Waals surface area (Å²) in [6, 6.07) is 17.3. The fourth-order valence-corrected chi connectivity index (χ4v) is 2.92. The van der Waals surface area contributed by atoms with Gasteiger partial charge in [-0.3, -0.25) is 14.4 Å². The van der Waals surface area contributed by atoms with Gasteiger partial charge in [0.25, 0.3) is 0 Å². The van der Waals surface area contributed by atoms with Crippen molar-refractivity contribution in [1.82, 2.24) is 4.57 Å². The van der Waals surface area contributed by atoms with Crippen LogP contribution in [0.4, 0.5) is 5.69 Å². The van der Waals surface area contributed by atoms with Crippen molar-refractivity contribution in [3.05, 3.63) is 80.3 Å². The third-order valence-corrected chi connectivity index (χ3v) is 4.34. The lowest BCUT2D eigenvalue weighted by Crippen LogP contribution is -2.13. The fourth-order valence-electron chi connectivity index (χ4n) is 2.17. The first-order valence-corrected chi connectivity index (χ1v) is 8.02. The molecule has 0 radical (unpaired) electrons. The molecule has 0 amide bonds. The molecule has 23 heavy (non-hydrogen) atoms. The number of hydrogen-bond donors (Lipinski definition) is 1. The van der Waals surface area contributed by atoms with E-state index in [9.17, 15) is 9.90 Å². The number of rotatable bonds is 4. The molecule has 1 heterocycles. The Morgan fingerprint density at radius 1 is 1.13 bits per heavy atom. The number of aromatic nitrogens is 1. The van der Waals surface area contributed by atoms with Gasteiger partial charge in [0.05, 0.1) is 18.4 Å². The zero-order valence-electron chi connectivity index (χ0n) is 12.6. The van der Waals surface area contributed by atoms with Gasteiger partial charge in [-0.05, 0) is 24.6 Å². The van der Waals surface area contributed by atoms with Crippen LogP contribution in [0.25, 0.3) is 0 Å². The average Bonchev–Trinajstić information content (AvgIpc) is 2.83. The highest BCUT2D eigenvalue weighted by atomic mass is 32.1. The van der Waals surface area contributed by atoms with Crippen LogP contribution < -0.4 is 4.87 Å². The number of thiazole rings is 1. The Kier molecular flexibility index (Phi) is 4.39. The second-order valence-corrected chi connectivity index (χ2v) is 6.21. The normalized spacial score (nSPS) is 11.2. The minimum Gasteiger partial charge on any atom is -0.493 e. The van der Waals surface area contributed by atoms with Gasteiger partial charge in [-0.15, -0.1) is 0 Å². The van der Waals surface area contributed by atoms with E-state index in [1.54, 1.807) is 0 Å². The van der Waals surface area contributed by atoms with E-state index in [4.69, 9.17) is 0 Å². The number of aryl methyl sites for hydroxylation is 1. The Morgan fingerprint density at radius 2 is 1.83 bits per heavy atom. The molecule has 0 aliphatic heterocycles. The summed E-state index contributed by atoms with van der Waals surface area (Å²) in [5.41, 5.74) is 2.90. The molecule has 2 aromatic carbocycles. The summed E-state index contributed by atoms with van der Waals surface area (Å²) in [6.45, 7) is 2.36. The van der Waals surface area contributed by atoms with Crippen LogP contribution >= 0.6 is 11.3 Å². The second-order valence-electron chi connectivity index (χ2n) is 5.22. The van der Waals surface area contributed by atoms with E-state index in [0.29, 0.717) is 11.4 Å². The summed E-state index contributed by atoms with van der Waals surface area (Å²) in [6.07, 6.45) is 1.54. The Balaban J connectivity index is 1.86. The minimum absolute atomic E-state index is 0.0419. The summed E-state index contributed by atoms with van der Waals surface area (Å²) in [4.78, 5) is 16.7. The van der Waals surface area contributed by atoms with Crippen molar-refractivity contribution in [2.75, 3.05) is 0 Å². The third kappa shape index (κ3) is 3.57. The molecule has 0 saturated heterocycles. The molecular weight excluding hydrogens is 308 g/mol. The van der Waals surface area contributed by atoms with Crippen LogP contribution in [0.1, 0.15) is 16.0 Å². The van der Waals surface area contributed by atoms with Gasteiger partial charge in [0.1, 0.15) is 4.88 Å². The number of aliphatic imine (C=N–C) groups is 1.